The van der Waals surface area contributed by atoms with Crippen molar-refractivity contribution in [3.05, 3.63) is 12.7 Å². The Kier molecular flexibility index (Phi) is 5.33. The second kappa shape index (κ2) is 7.02. The van der Waals surface area contributed by atoms with Crippen LogP contribution in [0.15, 0.2) is 12.7 Å². The minimum absolute atomic E-state index is 0.269. The van der Waals surface area contributed by atoms with E-state index >= 15 is 0 Å². The number of amides is 1. The van der Waals surface area contributed by atoms with Crippen LogP contribution >= 0.6 is 0 Å². The van der Waals surface area contributed by atoms with Gasteiger partial charge in [0.1, 0.15) is 12.7 Å². The molecule has 2 rings (SSSR count). The van der Waals surface area contributed by atoms with E-state index < -0.39 is 0 Å². The van der Waals surface area contributed by atoms with Crippen LogP contribution in [0.3, 0.4) is 0 Å². The lowest BCUT2D eigenvalue weighted by atomic mass is 9.91. The van der Waals surface area contributed by atoms with Gasteiger partial charge in [-0.25, -0.2) is 4.98 Å². The Hall–Kier alpha value is -1.43. The molecule has 0 spiro atoms. The average molecular weight is 293 g/mol. The van der Waals surface area contributed by atoms with Crippen LogP contribution in [0, 0.1) is 11.8 Å². The Balaban J connectivity index is 1.82. The van der Waals surface area contributed by atoms with Gasteiger partial charge in [0, 0.05) is 32.1 Å². The number of nitrogens with zero attached hydrogens (tertiary/aromatic N) is 5. The summed E-state index contributed by atoms with van der Waals surface area (Å²) < 4.78 is 1.77. The van der Waals surface area contributed by atoms with Crippen molar-refractivity contribution in [2.75, 3.05) is 27.2 Å². The topological polar surface area (TPSA) is 54.3 Å². The number of carbonyl (C=O) groups excluding carboxylic acids is 1. The van der Waals surface area contributed by atoms with Gasteiger partial charge in [-0.15, -0.1) is 0 Å². The maximum Gasteiger partial charge on any atom is 0.222 e. The van der Waals surface area contributed by atoms with Crippen LogP contribution < -0.4 is 0 Å². The standard InChI is InChI=1S/C15H27N5O/c1-12(2)13-8-19(9-14(13)18(3)4)15(21)6-5-7-20-11-16-10-17-20/h10-14H,5-9H2,1-4H3/t13-,14+/m0/s1. The normalized spacial score (nSPS) is 22.5. The SMILES string of the molecule is CC(C)[C@@H]1CN(C(=O)CCCn2cncn2)C[C@H]1N(C)C. The number of aryl methyl sites for hydroxylation is 1. The summed E-state index contributed by atoms with van der Waals surface area (Å²) in [5.41, 5.74) is 0. The second-order valence-electron chi connectivity index (χ2n) is 6.50. The van der Waals surface area contributed by atoms with Gasteiger partial charge in [-0.1, -0.05) is 13.8 Å². The van der Waals surface area contributed by atoms with Crippen molar-refractivity contribution >= 4 is 5.91 Å². The van der Waals surface area contributed by atoms with E-state index in [0.29, 0.717) is 24.3 Å². The lowest BCUT2D eigenvalue weighted by Crippen LogP contribution is -2.37. The summed E-state index contributed by atoms with van der Waals surface area (Å²) in [6.45, 7) is 7.00. The molecule has 0 aliphatic carbocycles. The molecule has 6 nitrogen and oxygen atoms in total. The Labute approximate surface area is 127 Å². The van der Waals surface area contributed by atoms with Crippen molar-refractivity contribution in [2.45, 2.75) is 39.3 Å². The van der Waals surface area contributed by atoms with Crippen molar-refractivity contribution in [2.24, 2.45) is 11.8 Å². The fourth-order valence-electron chi connectivity index (χ4n) is 3.12. The van der Waals surface area contributed by atoms with Crippen LogP contribution in [-0.4, -0.2) is 63.7 Å². The van der Waals surface area contributed by atoms with E-state index in [1.807, 2.05) is 4.90 Å². The highest BCUT2D eigenvalue weighted by Crippen LogP contribution is 2.27. The van der Waals surface area contributed by atoms with E-state index in [9.17, 15) is 4.79 Å². The van der Waals surface area contributed by atoms with Crippen molar-refractivity contribution in [3.63, 3.8) is 0 Å². The van der Waals surface area contributed by atoms with Gasteiger partial charge in [-0.2, -0.15) is 5.10 Å². The maximum absolute atomic E-state index is 12.4. The number of aromatic nitrogens is 3. The molecule has 1 aromatic rings. The van der Waals surface area contributed by atoms with E-state index in [-0.39, 0.29) is 5.91 Å². The van der Waals surface area contributed by atoms with Crippen molar-refractivity contribution < 1.29 is 4.79 Å². The molecule has 118 valence electrons. The van der Waals surface area contributed by atoms with Crippen molar-refractivity contribution in [1.82, 2.24) is 24.6 Å². The molecule has 0 radical (unpaired) electrons. The van der Waals surface area contributed by atoms with Gasteiger partial charge in [0.25, 0.3) is 0 Å². The molecule has 21 heavy (non-hydrogen) atoms. The van der Waals surface area contributed by atoms with E-state index in [1.165, 1.54) is 6.33 Å². The Morgan fingerprint density at radius 3 is 2.67 bits per heavy atom. The first-order chi connectivity index (χ1) is 9.99. The smallest absolute Gasteiger partial charge is 0.222 e. The third-order valence-corrected chi connectivity index (χ3v) is 4.45. The zero-order valence-electron chi connectivity index (χ0n) is 13.6. The minimum Gasteiger partial charge on any atom is -0.341 e. The van der Waals surface area contributed by atoms with E-state index in [1.54, 1.807) is 11.0 Å². The molecule has 0 unspecified atom stereocenters. The predicted octanol–water partition coefficient (Wildman–Crippen LogP) is 1.10. The van der Waals surface area contributed by atoms with Crippen LogP contribution in [0.4, 0.5) is 0 Å². The van der Waals surface area contributed by atoms with Crippen LogP contribution in [0.25, 0.3) is 0 Å². The molecule has 1 fully saturated rings. The second-order valence-corrected chi connectivity index (χ2v) is 6.50. The summed E-state index contributed by atoms with van der Waals surface area (Å²) in [6, 6.07) is 0.476. The number of rotatable bonds is 6. The highest BCUT2D eigenvalue weighted by atomic mass is 16.2. The van der Waals surface area contributed by atoms with Crippen LogP contribution in [0.2, 0.25) is 0 Å². The third kappa shape index (κ3) is 4.03. The van der Waals surface area contributed by atoms with Gasteiger partial charge < -0.3 is 9.80 Å². The number of hydrogen-bond donors (Lipinski definition) is 0. The largest absolute Gasteiger partial charge is 0.341 e. The predicted molar refractivity (Wildman–Crippen MR) is 81.6 cm³/mol. The Bertz CT molecular complexity index is 427. The van der Waals surface area contributed by atoms with E-state index in [0.717, 1.165) is 26.1 Å². The molecule has 2 heterocycles. The van der Waals surface area contributed by atoms with E-state index in [4.69, 9.17) is 0 Å². The molecular formula is C15H27N5O. The van der Waals surface area contributed by atoms with Gasteiger partial charge in [0.2, 0.25) is 5.91 Å². The highest BCUT2D eigenvalue weighted by molar-refractivity contribution is 5.76. The Morgan fingerprint density at radius 1 is 1.38 bits per heavy atom. The fraction of sp³-hybridized carbons (Fsp3) is 0.800. The Morgan fingerprint density at radius 2 is 2.14 bits per heavy atom. The zero-order chi connectivity index (χ0) is 15.4. The molecule has 1 saturated heterocycles. The molecule has 1 amide bonds. The lowest BCUT2D eigenvalue weighted by Gasteiger charge is -2.27. The average Bonchev–Trinajstić information content (AvgIpc) is 3.07. The number of carbonyl (C=O) groups is 1. The molecule has 2 atom stereocenters. The zero-order valence-corrected chi connectivity index (χ0v) is 13.6. The first kappa shape index (κ1) is 15.9. The summed E-state index contributed by atoms with van der Waals surface area (Å²) in [6.07, 6.45) is 4.62. The molecule has 1 aliphatic heterocycles. The molecule has 0 saturated carbocycles. The third-order valence-electron chi connectivity index (χ3n) is 4.45. The molecule has 0 aromatic carbocycles. The van der Waals surface area contributed by atoms with Gasteiger partial charge in [0.05, 0.1) is 0 Å². The minimum atomic E-state index is 0.269. The van der Waals surface area contributed by atoms with Crippen LogP contribution in [0.1, 0.15) is 26.7 Å². The number of likely N-dealkylation sites (N-methyl/N-ethyl adjacent to an activating group) is 1. The van der Waals surface area contributed by atoms with Gasteiger partial charge in [-0.3, -0.25) is 9.48 Å². The first-order valence-electron chi connectivity index (χ1n) is 7.75. The molecule has 1 aromatic heterocycles. The highest BCUT2D eigenvalue weighted by Gasteiger charge is 2.37. The van der Waals surface area contributed by atoms with Crippen molar-refractivity contribution in [1.29, 1.82) is 0 Å². The summed E-state index contributed by atoms with van der Waals surface area (Å²) in [5, 5.41) is 4.06. The molecule has 0 bridgehead atoms. The quantitative estimate of drug-likeness (QED) is 0.788. The van der Waals surface area contributed by atoms with Gasteiger partial charge in [-0.05, 0) is 32.4 Å². The van der Waals surface area contributed by atoms with Gasteiger partial charge in [0.15, 0.2) is 0 Å². The molecular weight excluding hydrogens is 266 g/mol. The van der Waals surface area contributed by atoms with E-state index in [2.05, 4.69) is 42.9 Å². The van der Waals surface area contributed by atoms with Crippen LogP contribution in [0.5, 0.6) is 0 Å². The number of likely N-dealkylation sites (tertiary alicyclic amines) is 1. The summed E-state index contributed by atoms with van der Waals surface area (Å²) in [7, 11) is 4.22. The molecule has 1 aliphatic rings. The summed E-state index contributed by atoms with van der Waals surface area (Å²) in [4.78, 5) is 20.6. The fourth-order valence-corrected chi connectivity index (χ4v) is 3.12. The molecule has 6 heteroatoms. The molecule has 0 N–H and O–H groups in total. The lowest BCUT2D eigenvalue weighted by molar-refractivity contribution is -0.130. The van der Waals surface area contributed by atoms with Crippen molar-refractivity contribution in [3.8, 4) is 0 Å². The monoisotopic (exact) mass is 293 g/mol. The summed E-state index contributed by atoms with van der Waals surface area (Å²) >= 11 is 0. The maximum atomic E-state index is 12.4. The van der Waals surface area contributed by atoms with Crippen LogP contribution in [-0.2, 0) is 11.3 Å². The van der Waals surface area contributed by atoms with Gasteiger partial charge >= 0.3 is 0 Å². The first-order valence-corrected chi connectivity index (χ1v) is 7.75. The number of hydrogen-bond acceptors (Lipinski definition) is 4. The summed E-state index contributed by atoms with van der Waals surface area (Å²) in [5.74, 6) is 1.44.